The van der Waals surface area contributed by atoms with Crippen molar-refractivity contribution in [2.45, 2.75) is 12.6 Å². The van der Waals surface area contributed by atoms with E-state index in [1.807, 2.05) is 0 Å². The average molecular weight is 322 g/mol. The summed E-state index contributed by atoms with van der Waals surface area (Å²) >= 11 is 0. The number of alkyl halides is 3. The fourth-order valence-corrected chi connectivity index (χ4v) is 1.43. The summed E-state index contributed by atoms with van der Waals surface area (Å²) in [7, 11) is 0. The second kappa shape index (κ2) is 6.87. The van der Waals surface area contributed by atoms with Gasteiger partial charge in [0.25, 0.3) is 5.91 Å². The van der Waals surface area contributed by atoms with Crippen LogP contribution in [0.4, 0.5) is 13.2 Å². The number of hydrogen-bond donors (Lipinski definition) is 5. The molecular formula is C12H13F3N2O5. The van der Waals surface area contributed by atoms with Gasteiger partial charge in [0.05, 0.1) is 0 Å². The Balaban J connectivity index is 2.40. The second-order valence-electron chi connectivity index (χ2n) is 4.23. The van der Waals surface area contributed by atoms with Crippen molar-refractivity contribution < 1.29 is 38.1 Å². The molecule has 2 amide bonds. The number of carbonyl (C=O) groups excluding carboxylic acids is 2. The maximum Gasteiger partial charge on any atom is 0.471 e. The molecule has 0 radical (unpaired) electrons. The summed E-state index contributed by atoms with van der Waals surface area (Å²) in [5.41, 5.74) is -0.146. The topological polar surface area (TPSA) is 119 Å². The van der Waals surface area contributed by atoms with Crippen molar-refractivity contribution in [3.63, 3.8) is 0 Å². The molecule has 0 aliphatic rings. The Bertz CT molecular complexity index is 551. The van der Waals surface area contributed by atoms with Gasteiger partial charge in [0, 0.05) is 18.7 Å². The van der Waals surface area contributed by atoms with E-state index in [2.05, 4.69) is 5.32 Å². The number of carbonyl (C=O) groups is 2. The van der Waals surface area contributed by atoms with Crippen LogP contribution in [0.3, 0.4) is 0 Å². The van der Waals surface area contributed by atoms with Crippen LogP contribution in [0.15, 0.2) is 12.1 Å². The van der Waals surface area contributed by atoms with Crippen LogP contribution in [0.5, 0.6) is 17.2 Å². The molecule has 0 fully saturated rings. The van der Waals surface area contributed by atoms with Crippen molar-refractivity contribution >= 4 is 11.8 Å². The highest BCUT2D eigenvalue weighted by Gasteiger charge is 2.38. The highest BCUT2D eigenvalue weighted by atomic mass is 19.4. The maximum atomic E-state index is 11.9. The van der Waals surface area contributed by atoms with Crippen molar-refractivity contribution in [3.8, 4) is 17.2 Å². The minimum Gasteiger partial charge on any atom is -0.504 e. The lowest BCUT2D eigenvalue weighted by molar-refractivity contribution is -0.173. The first-order valence-electron chi connectivity index (χ1n) is 6.01. The van der Waals surface area contributed by atoms with E-state index >= 15 is 0 Å². The molecule has 0 spiro atoms. The van der Waals surface area contributed by atoms with Gasteiger partial charge in [0.1, 0.15) is 0 Å². The number of amides is 2. The van der Waals surface area contributed by atoms with Gasteiger partial charge in [-0.25, -0.2) is 0 Å². The first-order valence-corrected chi connectivity index (χ1v) is 6.01. The Morgan fingerprint density at radius 3 is 2.00 bits per heavy atom. The van der Waals surface area contributed by atoms with Gasteiger partial charge >= 0.3 is 12.1 Å². The fraction of sp³-hybridized carbons (Fsp3) is 0.333. The van der Waals surface area contributed by atoms with Crippen LogP contribution < -0.4 is 10.6 Å². The van der Waals surface area contributed by atoms with E-state index < -0.39 is 35.2 Å². The molecule has 10 heteroatoms. The molecule has 0 saturated carbocycles. The van der Waals surface area contributed by atoms with Gasteiger partial charge in [0.2, 0.25) is 0 Å². The summed E-state index contributed by atoms with van der Waals surface area (Å²) in [5.74, 6) is -4.93. The minimum absolute atomic E-state index is 0.0423. The molecule has 0 aliphatic carbocycles. The molecule has 0 aromatic heterocycles. The van der Waals surface area contributed by atoms with Gasteiger partial charge < -0.3 is 26.0 Å². The van der Waals surface area contributed by atoms with Crippen molar-refractivity contribution in [2.24, 2.45) is 0 Å². The molecule has 0 bridgehead atoms. The zero-order valence-electron chi connectivity index (χ0n) is 11.1. The molecule has 1 aromatic carbocycles. The van der Waals surface area contributed by atoms with E-state index in [9.17, 15) is 33.0 Å². The molecule has 7 nitrogen and oxygen atoms in total. The molecule has 0 atom stereocenters. The fourth-order valence-electron chi connectivity index (χ4n) is 1.43. The lowest BCUT2D eigenvalue weighted by Gasteiger charge is -2.09. The number of halogens is 3. The Morgan fingerprint density at radius 1 is 1.00 bits per heavy atom. The molecule has 22 heavy (non-hydrogen) atoms. The molecule has 1 rings (SSSR count). The number of rotatable bonds is 5. The highest BCUT2D eigenvalue weighted by molar-refractivity contribution is 5.95. The van der Waals surface area contributed by atoms with Crippen LogP contribution >= 0.6 is 0 Å². The number of benzene rings is 1. The number of hydrogen-bond acceptors (Lipinski definition) is 5. The van der Waals surface area contributed by atoms with Crippen molar-refractivity contribution in [1.29, 1.82) is 0 Å². The molecule has 0 unspecified atom stereocenters. The normalized spacial score (nSPS) is 11.0. The largest absolute Gasteiger partial charge is 0.504 e. The average Bonchev–Trinajstić information content (AvgIpc) is 2.42. The third-order valence-corrected chi connectivity index (χ3v) is 2.51. The summed E-state index contributed by atoms with van der Waals surface area (Å²) < 4.78 is 35.6. The summed E-state index contributed by atoms with van der Waals surface area (Å²) in [4.78, 5) is 22.1. The molecule has 0 heterocycles. The van der Waals surface area contributed by atoms with Crippen LogP contribution in [0.2, 0.25) is 0 Å². The zero-order chi connectivity index (χ0) is 16.9. The van der Waals surface area contributed by atoms with Gasteiger partial charge in [-0.3, -0.25) is 9.59 Å². The summed E-state index contributed by atoms with van der Waals surface area (Å²) in [6.45, 7) is -0.329. The Kier molecular flexibility index (Phi) is 5.44. The van der Waals surface area contributed by atoms with Gasteiger partial charge in [-0.1, -0.05) is 0 Å². The number of aromatic hydroxyl groups is 3. The number of phenolic OH excluding ortho intramolecular Hbond substituents is 3. The number of phenols is 3. The Hall–Kier alpha value is -2.65. The Morgan fingerprint density at radius 2 is 1.50 bits per heavy atom. The molecule has 0 saturated heterocycles. The molecule has 1 aromatic rings. The molecular weight excluding hydrogens is 309 g/mol. The molecule has 122 valence electrons. The summed E-state index contributed by atoms with van der Waals surface area (Å²) in [6, 6.07) is 1.83. The summed E-state index contributed by atoms with van der Waals surface area (Å²) in [6.07, 6.45) is -4.91. The first-order chi connectivity index (χ1) is 10.1. The van der Waals surface area contributed by atoms with E-state index in [0.717, 1.165) is 12.1 Å². The van der Waals surface area contributed by atoms with Gasteiger partial charge in [0.15, 0.2) is 17.2 Å². The van der Waals surface area contributed by atoms with Crippen LogP contribution in [0.25, 0.3) is 0 Å². The number of nitrogens with one attached hydrogen (secondary N) is 2. The maximum absolute atomic E-state index is 11.9. The Labute approximate surface area is 122 Å². The third kappa shape index (κ3) is 4.72. The molecule has 5 N–H and O–H groups in total. The lowest BCUT2D eigenvalue weighted by atomic mass is 10.1. The van der Waals surface area contributed by atoms with E-state index in [0.29, 0.717) is 0 Å². The third-order valence-electron chi connectivity index (χ3n) is 2.51. The van der Waals surface area contributed by atoms with Crippen molar-refractivity contribution in [3.05, 3.63) is 17.7 Å². The van der Waals surface area contributed by atoms with E-state index in [-0.39, 0.29) is 25.1 Å². The second-order valence-corrected chi connectivity index (χ2v) is 4.23. The SMILES string of the molecule is O=C(NCCCNC(=O)C(F)(F)F)c1cc(O)c(O)c(O)c1. The van der Waals surface area contributed by atoms with Gasteiger partial charge in [-0.2, -0.15) is 13.2 Å². The van der Waals surface area contributed by atoms with Crippen LogP contribution in [-0.4, -0.2) is 46.4 Å². The quantitative estimate of drug-likeness (QED) is 0.402. The standard InChI is InChI=1S/C12H13F3N2O5/c13-12(14,15)11(22)17-3-1-2-16-10(21)6-4-7(18)9(20)8(19)5-6/h4-5,18-20H,1-3H2,(H,16,21)(H,17,22). The first kappa shape index (κ1) is 17.4. The smallest absolute Gasteiger partial charge is 0.471 e. The van der Waals surface area contributed by atoms with Crippen LogP contribution in [-0.2, 0) is 4.79 Å². The van der Waals surface area contributed by atoms with Gasteiger partial charge in [-0.05, 0) is 18.6 Å². The van der Waals surface area contributed by atoms with E-state index in [1.165, 1.54) is 0 Å². The zero-order valence-corrected chi connectivity index (χ0v) is 11.1. The van der Waals surface area contributed by atoms with Gasteiger partial charge in [-0.15, -0.1) is 0 Å². The van der Waals surface area contributed by atoms with Crippen molar-refractivity contribution in [1.82, 2.24) is 10.6 Å². The van der Waals surface area contributed by atoms with Crippen LogP contribution in [0, 0.1) is 0 Å². The lowest BCUT2D eigenvalue weighted by Crippen LogP contribution is -2.38. The monoisotopic (exact) mass is 322 g/mol. The van der Waals surface area contributed by atoms with E-state index in [1.54, 1.807) is 5.32 Å². The van der Waals surface area contributed by atoms with E-state index in [4.69, 9.17) is 5.11 Å². The summed E-state index contributed by atoms with van der Waals surface area (Å²) in [5, 5.41) is 31.5. The highest BCUT2D eigenvalue weighted by Crippen LogP contribution is 2.35. The van der Waals surface area contributed by atoms with Crippen molar-refractivity contribution in [2.75, 3.05) is 13.1 Å². The minimum atomic E-state index is -4.95. The van der Waals surface area contributed by atoms with Crippen LogP contribution in [0.1, 0.15) is 16.8 Å². The predicted octanol–water partition coefficient (Wildman–Crippen LogP) is 0.602. The molecule has 0 aliphatic heterocycles. The predicted molar refractivity (Wildman–Crippen MR) is 67.5 cm³/mol.